The first-order valence-corrected chi connectivity index (χ1v) is 6.48. The van der Waals surface area contributed by atoms with E-state index in [-0.39, 0.29) is 6.03 Å². The van der Waals surface area contributed by atoms with Crippen molar-refractivity contribution < 1.29 is 9.90 Å². The normalized spacial score (nSPS) is 11.8. The summed E-state index contributed by atoms with van der Waals surface area (Å²) in [4.78, 5) is 11.9. The lowest BCUT2D eigenvalue weighted by Gasteiger charge is -2.10. The number of hydrogen-bond donors (Lipinski definition) is 3. The summed E-state index contributed by atoms with van der Waals surface area (Å²) in [5, 5.41) is 15.0. The molecular weight excluding hydrogens is 252 g/mol. The maximum absolute atomic E-state index is 11.9. The average Bonchev–Trinajstić information content (AvgIpc) is 2.42. The second-order valence-corrected chi connectivity index (χ2v) is 4.69. The molecule has 3 N–H and O–H groups in total. The van der Waals surface area contributed by atoms with Crippen LogP contribution in [0.2, 0.25) is 0 Å². The van der Waals surface area contributed by atoms with Gasteiger partial charge in [0.05, 0.1) is 6.10 Å². The number of para-hydroxylation sites is 1. The van der Waals surface area contributed by atoms with Crippen LogP contribution >= 0.6 is 0 Å². The molecule has 0 fully saturated rings. The fraction of sp³-hybridized carbons (Fsp3) is 0.188. The van der Waals surface area contributed by atoms with E-state index in [9.17, 15) is 9.90 Å². The van der Waals surface area contributed by atoms with Crippen molar-refractivity contribution in [2.24, 2.45) is 0 Å². The molecule has 0 bridgehead atoms. The molecule has 104 valence electrons. The van der Waals surface area contributed by atoms with E-state index in [0.717, 1.165) is 16.8 Å². The van der Waals surface area contributed by atoms with Crippen LogP contribution in [0.4, 0.5) is 16.2 Å². The lowest BCUT2D eigenvalue weighted by atomic mass is 10.1. The summed E-state index contributed by atoms with van der Waals surface area (Å²) in [7, 11) is 0. The number of rotatable bonds is 3. The van der Waals surface area contributed by atoms with Crippen molar-refractivity contribution in [1.82, 2.24) is 0 Å². The quantitative estimate of drug-likeness (QED) is 0.796. The highest BCUT2D eigenvalue weighted by atomic mass is 16.3. The standard InChI is InChI=1S/C16H18N2O2/c1-11-5-3-4-6-15(11)18-16(20)17-14-9-7-13(8-10-14)12(2)19/h3-10,12,19H,1-2H3,(H2,17,18,20). The van der Waals surface area contributed by atoms with E-state index in [1.807, 2.05) is 31.2 Å². The maximum atomic E-state index is 11.9. The number of carbonyl (C=O) groups excluding carboxylic acids is 1. The Kier molecular flexibility index (Phi) is 4.38. The van der Waals surface area contributed by atoms with Gasteiger partial charge in [0, 0.05) is 11.4 Å². The fourth-order valence-electron chi connectivity index (χ4n) is 1.84. The zero-order valence-electron chi connectivity index (χ0n) is 11.6. The Bertz CT molecular complexity index is 592. The fourth-order valence-corrected chi connectivity index (χ4v) is 1.84. The molecular formula is C16H18N2O2. The van der Waals surface area contributed by atoms with E-state index >= 15 is 0 Å². The third-order valence-electron chi connectivity index (χ3n) is 3.04. The summed E-state index contributed by atoms with van der Waals surface area (Å²) in [5.41, 5.74) is 3.29. The van der Waals surface area contributed by atoms with Gasteiger partial charge < -0.3 is 15.7 Å². The molecule has 0 spiro atoms. The molecule has 0 aliphatic carbocycles. The Labute approximate surface area is 118 Å². The number of hydrogen-bond acceptors (Lipinski definition) is 2. The van der Waals surface area contributed by atoms with Gasteiger partial charge >= 0.3 is 6.03 Å². The zero-order valence-corrected chi connectivity index (χ0v) is 11.6. The van der Waals surface area contributed by atoms with Gasteiger partial charge in [-0.25, -0.2) is 4.79 Å². The highest BCUT2D eigenvalue weighted by molar-refractivity contribution is 6.00. The number of benzene rings is 2. The Morgan fingerprint density at radius 1 is 1.05 bits per heavy atom. The highest BCUT2D eigenvalue weighted by Gasteiger charge is 2.05. The van der Waals surface area contributed by atoms with Crippen molar-refractivity contribution in [3.8, 4) is 0 Å². The second-order valence-electron chi connectivity index (χ2n) is 4.69. The van der Waals surface area contributed by atoms with Gasteiger partial charge in [-0.15, -0.1) is 0 Å². The lowest BCUT2D eigenvalue weighted by molar-refractivity contribution is 0.199. The summed E-state index contributed by atoms with van der Waals surface area (Å²) >= 11 is 0. The number of urea groups is 1. The van der Waals surface area contributed by atoms with Gasteiger partial charge in [-0.2, -0.15) is 0 Å². The molecule has 0 saturated heterocycles. The molecule has 0 heterocycles. The van der Waals surface area contributed by atoms with Gasteiger partial charge in [-0.05, 0) is 43.2 Å². The van der Waals surface area contributed by atoms with E-state index in [0.29, 0.717) is 5.69 Å². The predicted molar refractivity (Wildman–Crippen MR) is 80.9 cm³/mol. The first kappa shape index (κ1) is 14.1. The molecule has 0 radical (unpaired) electrons. The van der Waals surface area contributed by atoms with Gasteiger partial charge in [0.15, 0.2) is 0 Å². The molecule has 20 heavy (non-hydrogen) atoms. The first-order chi connectivity index (χ1) is 9.56. The van der Waals surface area contributed by atoms with Crippen molar-refractivity contribution in [3.63, 3.8) is 0 Å². The number of carbonyl (C=O) groups is 1. The smallest absolute Gasteiger partial charge is 0.323 e. The van der Waals surface area contributed by atoms with Gasteiger partial charge in [0.1, 0.15) is 0 Å². The van der Waals surface area contributed by atoms with Gasteiger partial charge in [-0.1, -0.05) is 30.3 Å². The predicted octanol–water partition coefficient (Wildman–Crippen LogP) is 3.69. The molecule has 2 amide bonds. The van der Waals surface area contributed by atoms with Crippen LogP contribution in [0.5, 0.6) is 0 Å². The molecule has 0 aliphatic rings. The molecule has 0 saturated carbocycles. The van der Waals surface area contributed by atoms with Crippen LogP contribution in [0.3, 0.4) is 0 Å². The Balaban J connectivity index is 1.99. The minimum atomic E-state index is -0.509. The van der Waals surface area contributed by atoms with Crippen LogP contribution in [-0.2, 0) is 0 Å². The van der Waals surface area contributed by atoms with Crippen LogP contribution in [0.1, 0.15) is 24.2 Å². The molecule has 2 aromatic rings. The first-order valence-electron chi connectivity index (χ1n) is 6.48. The molecule has 4 nitrogen and oxygen atoms in total. The van der Waals surface area contributed by atoms with Crippen LogP contribution in [-0.4, -0.2) is 11.1 Å². The summed E-state index contributed by atoms with van der Waals surface area (Å²) in [6.07, 6.45) is -0.509. The highest BCUT2D eigenvalue weighted by Crippen LogP contribution is 2.17. The summed E-state index contributed by atoms with van der Waals surface area (Å²) in [5.74, 6) is 0. The van der Waals surface area contributed by atoms with Crippen LogP contribution in [0.25, 0.3) is 0 Å². The van der Waals surface area contributed by atoms with Crippen molar-refractivity contribution >= 4 is 17.4 Å². The zero-order chi connectivity index (χ0) is 14.5. The van der Waals surface area contributed by atoms with E-state index in [1.165, 1.54) is 0 Å². The summed E-state index contributed by atoms with van der Waals surface area (Å²) in [6, 6.07) is 14.4. The largest absolute Gasteiger partial charge is 0.389 e. The number of aliphatic hydroxyl groups excluding tert-OH is 1. The molecule has 2 aromatic carbocycles. The van der Waals surface area contributed by atoms with Crippen LogP contribution in [0, 0.1) is 6.92 Å². The third kappa shape index (κ3) is 3.59. The number of aliphatic hydroxyl groups is 1. The Morgan fingerprint density at radius 2 is 1.70 bits per heavy atom. The molecule has 2 rings (SSSR count). The number of nitrogens with one attached hydrogen (secondary N) is 2. The number of amides is 2. The van der Waals surface area contributed by atoms with E-state index in [1.54, 1.807) is 31.2 Å². The summed E-state index contributed by atoms with van der Waals surface area (Å²) in [6.45, 7) is 3.64. The SMILES string of the molecule is Cc1ccccc1NC(=O)Nc1ccc(C(C)O)cc1. The topological polar surface area (TPSA) is 61.4 Å². The Hall–Kier alpha value is -2.33. The third-order valence-corrected chi connectivity index (χ3v) is 3.04. The second kappa shape index (κ2) is 6.21. The van der Waals surface area contributed by atoms with Gasteiger partial charge in [0.2, 0.25) is 0 Å². The number of aryl methyl sites for hydroxylation is 1. The summed E-state index contributed by atoms with van der Waals surface area (Å²) < 4.78 is 0. The van der Waals surface area contributed by atoms with E-state index in [2.05, 4.69) is 10.6 Å². The monoisotopic (exact) mass is 270 g/mol. The Morgan fingerprint density at radius 3 is 2.30 bits per heavy atom. The van der Waals surface area contributed by atoms with Crippen molar-refractivity contribution in [2.45, 2.75) is 20.0 Å². The van der Waals surface area contributed by atoms with Crippen molar-refractivity contribution in [3.05, 3.63) is 59.7 Å². The van der Waals surface area contributed by atoms with Gasteiger partial charge in [-0.3, -0.25) is 0 Å². The minimum absolute atomic E-state index is 0.288. The molecule has 0 aromatic heterocycles. The van der Waals surface area contributed by atoms with Crippen LogP contribution < -0.4 is 10.6 Å². The average molecular weight is 270 g/mol. The lowest BCUT2D eigenvalue weighted by Crippen LogP contribution is -2.19. The van der Waals surface area contributed by atoms with Crippen molar-refractivity contribution in [1.29, 1.82) is 0 Å². The van der Waals surface area contributed by atoms with Gasteiger partial charge in [0.25, 0.3) is 0 Å². The molecule has 0 aliphatic heterocycles. The van der Waals surface area contributed by atoms with Crippen LogP contribution in [0.15, 0.2) is 48.5 Å². The van der Waals surface area contributed by atoms with Crippen molar-refractivity contribution in [2.75, 3.05) is 10.6 Å². The maximum Gasteiger partial charge on any atom is 0.323 e. The van der Waals surface area contributed by atoms with E-state index in [4.69, 9.17) is 0 Å². The minimum Gasteiger partial charge on any atom is -0.389 e. The molecule has 1 unspecified atom stereocenters. The van der Waals surface area contributed by atoms with E-state index < -0.39 is 6.10 Å². The number of anilines is 2. The molecule has 4 heteroatoms. The molecule has 1 atom stereocenters.